The number of methoxy groups -OCH3 is 1. The Morgan fingerprint density at radius 1 is 1.10 bits per heavy atom. The Balaban J connectivity index is 1.60. The first-order valence-electron chi connectivity index (χ1n) is 9.09. The van der Waals surface area contributed by atoms with E-state index in [1.54, 1.807) is 30.3 Å². The molecule has 0 aliphatic heterocycles. The number of amides is 1. The topological polar surface area (TPSA) is 103 Å². The van der Waals surface area contributed by atoms with E-state index in [4.69, 9.17) is 21.1 Å². The van der Waals surface area contributed by atoms with Gasteiger partial charge in [-0.3, -0.25) is 14.9 Å². The number of rotatable bonds is 8. The highest BCUT2D eigenvalue weighted by molar-refractivity contribution is 6.30. The van der Waals surface area contributed by atoms with E-state index in [0.29, 0.717) is 28.7 Å². The number of nitro groups is 1. The average molecular weight is 440 g/mol. The molecule has 0 bridgehead atoms. The first kappa shape index (κ1) is 21.8. The summed E-state index contributed by atoms with van der Waals surface area (Å²) in [6, 6.07) is 17.8. The van der Waals surface area contributed by atoms with E-state index in [2.05, 4.69) is 10.5 Å². The molecule has 0 saturated carbocycles. The third-order valence-corrected chi connectivity index (χ3v) is 4.47. The Hall–Kier alpha value is -3.91. The Labute approximate surface area is 183 Å². The lowest BCUT2D eigenvalue weighted by molar-refractivity contribution is -0.384. The Morgan fingerprint density at radius 3 is 2.45 bits per heavy atom. The van der Waals surface area contributed by atoms with Gasteiger partial charge in [0.2, 0.25) is 0 Å². The third-order valence-electron chi connectivity index (χ3n) is 4.22. The molecule has 0 aromatic heterocycles. The zero-order valence-corrected chi connectivity index (χ0v) is 17.2. The lowest BCUT2D eigenvalue weighted by Crippen LogP contribution is -2.17. The number of ether oxygens (including phenoxy) is 2. The molecular formula is C22H18ClN3O5. The number of carbonyl (C=O) groups is 1. The van der Waals surface area contributed by atoms with E-state index in [-0.39, 0.29) is 11.3 Å². The van der Waals surface area contributed by atoms with Crippen molar-refractivity contribution in [2.45, 2.75) is 6.61 Å². The van der Waals surface area contributed by atoms with Gasteiger partial charge >= 0.3 is 0 Å². The number of nitrogens with zero attached hydrogens (tertiary/aromatic N) is 2. The molecule has 0 atom stereocenters. The Morgan fingerprint density at radius 2 is 1.81 bits per heavy atom. The van der Waals surface area contributed by atoms with E-state index in [1.807, 2.05) is 12.1 Å². The molecule has 3 aromatic carbocycles. The average Bonchev–Trinajstić information content (AvgIpc) is 2.79. The third kappa shape index (κ3) is 6.03. The van der Waals surface area contributed by atoms with E-state index < -0.39 is 10.8 Å². The van der Waals surface area contributed by atoms with Gasteiger partial charge in [-0.05, 0) is 53.6 Å². The van der Waals surface area contributed by atoms with Crippen LogP contribution in [0.4, 0.5) is 5.69 Å². The van der Waals surface area contributed by atoms with E-state index in [0.717, 1.165) is 5.56 Å². The van der Waals surface area contributed by atoms with Crippen LogP contribution in [-0.2, 0) is 6.61 Å². The number of benzene rings is 3. The lowest BCUT2D eigenvalue weighted by atomic mass is 10.2. The molecule has 0 saturated heterocycles. The predicted molar refractivity (Wildman–Crippen MR) is 117 cm³/mol. The molecule has 1 amide bonds. The molecule has 0 aliphatic carbocycles. The summed E-state index contributed by atoms with van der Waals surface area (Å²) in [5.74, 6) is 0.588. The van der Waals surface area contributed by atoms with Crippen LogP contribution in [0.3, 0.4) is 0 Å². The SMILES string of the molecule is COc1cc(/C=N/NC(=O)c2ccc([N+](=O)[O-])cc2)ccc1OCc1ccc(Cl)cc1. The highest BCUT2D eigenvalue weighted by Gasteiger charge is 2.09. The molecule has 8 nitrogen and oxygen atoms in total. The van der Waals surface area contributed by atoms with Crippen molar-refractivity contribution in [1.29, 1.82) is 0 Å². The van der Waals surface area contributed by atoms with Crippen molar-refractivity contribution in [3.63, 3.8) is 0 Å². The van der Waals surface area contributed by atoms with Gasteiger partial charge < -0.3 is 9.47 Å². The number of carbonyl (C=O) groups excluding carboxylic acids is 1. The first-order valence-corrected chi connectivity index (χ1v) is 9.47. The summed E-state index contributed by atoms with van der Waals surface area (Å²) < 4.78 is 11.2. The van der Waals surface area contributed by atoms with E-state index in [1.165, 1.54) is 37.6 Å². The number of hydrogen-bond donors (Lipinski definition) is 1. The van der Waals surface area contributed by atoms with Gasteiger partial charge in [0.15, 0.2) is 11.5 Å². The number of halogens is 1. The molecule has 3 rings (SSSR count). The molecule has 0 heterocycles. The summed E-state index contributed by atoms with van der Waals surface area (Å²) in [6.45, 7) is 0.353. The van der Waals surface area contributed by atoms with E-state index >= 15 is 0 Å². The maximum atomic E-state index is 12.1. The minimum atomic E-state index is -0.532. The van der Waals surface area contributed by atoms with Crippen LogP contribution in [0.1, 0.15) is 21.5 Å². The van der Waals surface area contributed by atoms with Crippen LogP contribution < -0.4 is 14.9 Å². The van der Waals surface area contributed by atoms with Gasteiger partial charge in [0.1, 0.15) is 6.61 Å². The standard InChI is InChI=1S/C22H18ClN3O5/c1-30-21-12-16(4-11-20(21)31-14-15-2-7-18(23)8-3-15)13-24-25-22(27)17-5-9-19(10-6-17)26(28)29/h2-13H,14H2,1H3,(H,25,27)/b24-13+. The molecule has 0 fully saturated rings. The summed E-state index contributed by atoms with van der Waals surface area (Å²) in [5, 5.41) is 15.2. The first-order chi connectivity index (χ1) is 15.0. The smallest absolute Gasteiger partial charge is 0.271 e. The Bertz CT molecular complexity index is 1100. The van der Waals surface area contributed by atoms with Crippen molar-refractivity contribution >= 4 is 29.4 Å². The summed E-state index contributed by atoms with van der Waals surface area (Å²) >= 11 is 5.88. The van der Waals surface area contributed by atoms with Gasteiger partial charge in [-0.2, -0.15) is 5.10 Å². The van der Waals surface area contributed by atoms with Crippen LogP contribution >= 0.6 is 11.6 Å². The molecule has 0 radical (unpaired) electrons. The van der Waals surface area contributed by atoms with Crippen molar-refractivity contribution in [3.8, 4) is 11.5 Å². The maximum absolute atomic E-state index is 12.1. The van der Waals surface area contributed by atoms with Crippen molar-refractivity contribution in [1.82, 2.24) is 5.43 Å². The van der Waals surface area contributed by atoms with E-state index in [9.17, 15) is 14.9 Å². The van der Waals surface area contributed by atoms with Crippen molar-refractivity contribution in [2.75, 3.05) is 7.11 Å². The second kappa shape index (κ2) is 10.2. The van der Waals surface area contributed by atoms with Gasteiger partial charge in [-0.15, -0.1) is 0 Å². The van der Waals surface area contributed by atoms with Gasteiger partial charge in [-0.1, -0.05) is 23.7 Å². The molecule has 9 heteroatoms. The molecule has 31 heavy (non-hydrogen) atoms. The normalized spacial score (nSPS) is 10.6. The van der Waals surface area contributed by atoms with Gasteiger partial charge in [0, 0.05) is 22.7 Å². The van der Waals surface area contributed by atoms with Crippen LogP contribution in [0.5, 0.6) is 11.5 Å². The number of hydrazone groups is 1. The molecule has 3 aromatic rings. The summed E-state index contributed by atoms with van der Waals surface area (Å²) in [5.41, 5.74) is 4.19. The molecule has 1 N–H and O–H groups in total. The van der Waals surface area contributed by atoms with Gasteiger partial charge in [0.05, 0.1) is 18.2 Å². The van der Waals surface area contributed by atoms with Gasteiger partial charge in [-0.25, -0.2) is 5.43 Å². The van der Waals surface area contributed by atoms with Crippen molar-refractivity contribution < 1.29 is 19.2 Å². The van der Waals surface area contributed by atoms with Crippen LogP contribution in [0, 0.1) is 10.1 Å². The van der Waals surface area contributed by atoms with Crippen LogP contribution in [0.2, 0.25) is 5.02 Å². The number of non-ortho nitro benzene ring substituents is 1. The second-order valence-corrected chi connectivity index (χ2v) is 6.76. The fourth-order valence-electron chi connectivity index (χ4n) is 2.59. The molecule has 158 valence electrons. The second-order valence-electron chi connectivity index (χ2n) is 6.33. The summed E-state index contributed by atoms with van der Waals surface area (Å²) in [6.07, 6.45) is 1.45. The van der Waals surface area contributed by atoms with Crippen LogP contribution in [0.15, 0.2) is 71.8 Å². The zero-order chi connectivity index (χ0) is 22.2. The van der Waals surface area contributed by atoms with Crippen molar-refractivity contribution in [3.05, 3.63) is 98.6 Å². The molecule has 0 unspecified atom stereocenters. The number of nitro benzene ring substituents is 1. The number of nitrogens with one attached hydrogen (secondary N) is 1. The highest BCUT2D eigenvalue weighted by Crippen LogP contribution is 2.28. The highest BCUT2D eigenvalue weighted by atomic mass is 35.5. The fraction of sp³-hybridized carbons (Fsp3) is 0.0909. The monoisotopic (exact) mass is 439 g/mol. The summed E-state index contributed by atoms with van der Waals surface area (Å²) in [4.78, 5) is 22.2. The van der Waals surface area contributed by atoms with Crippen molar-refractivity contribution in [2.24, 2.45) is 5.10 Å². The minimum Gasteiger partial charge on any atom is -0.493 e. The van der Waals surface area contributed by atoms with Crippen LogP contribution in [0.25, 0.3) is 0 Å². The van der Waals surface area contributed by atoms with Gasteiger partial charge in [0.25, 0.3) is 11.6 Å². The fourth-order valence-corrected chi connectivity index (χ4v) is 2.72. The lowest BCUT2D eigenvalue weighted by Gasteiger charge is -2.11. The molecule has 0 spiro atoms. The van der Waals surface area contributed by atoms with Crippen LogP contribution in [-0.4, -0.2) is 24.2 Å². The predicted octanol–water partition coefficient (Wildman–Crippen LogP) is 4.60. The molecular weight excluding hydrogens is 422 g/mol. The number of hydrogen-bond acceptors (Lipinski definition) is 6. The largest absolute Gasteiger partial charge is 0.493 e. The minimum absolute atomic E-state index is 0.0921. The molecule has 0 aliphatic rings. The quantitative estimate of drug-likeness (QED) is 0.314. The summed E-state index contributed by atoms with van der Waals surface area (Å²) in [7, 11) is 1.53. The maximum Gasteiger partial charge on any atom is 0.271 e. The zero-order valence-electron chi connectivity index (χ0n) is 16.4. The Kier molecular flexibility index (Phi) is 7.18.